The SMILES string of the molecule is CN(C=O)CCCC(CCC(N)=O)NC(=O)OC(C)(C)C. The lowest BCUT2D eigenvalue weighted by atomic mass is 10.1. The van der Waals surface area contributed by atoms with E-state index in [0.29, 0.717) is 25.8 Å². The van der Waals surface area contributed by atoms with Gasteiger partial charge in [0.05, 0.1) is 0 Å². The normalized spacial score (nSPS) is 12.4. The summed E-state index contributed by atoms with van der Waals surface area (Å²) < 4.78 is 5.19. The molecular weight excluding hydrogens is 274 g/mol. The number of amides is 3. The maximum atomic E-state index is 11.8. The van der Waals surface area contributed by atoms with Crippen LogP contribution in [0.5, 0.6) is 0 Å². The molecule has 0 heterocycles. The number of hydrogen-bond donors (Lipinski definition) is 2. The maximum Gasteiger partial charge on any atom is 0.407 e. The van der Waals surface area contributed by atoms with Crippen LogP contribution in [0.4, 0.5) is 4.79 Å². The third-order valence-electron chi connectivity index (χ3n) is 2.70. The van der Waals surface area contributed by atoms with Gasteiger partial charge in [-0.25, -0.2) is 4.79 Å². The summed E-state index contributed by atoms with van der Waals surface area (Å²) in [6.45, 7) is 5.94. The summed E-state index contributed by atoms with van der Waals surface area (Å²) >= 11 is 0. The molecule has 1 atom stereocenters. The van der Waals surface area contributed by atoms with E-state index in [9.17, 15) is 14.4 Å². The molecule has 0 aliphatic carbocycles. The van der Waals surface area contributed by atoms with Crippen LogP contribution in [0, 0.1) is 0 Å². The first-order valence-corrected chi connectivity index (χ1v) is 7.07. The van der Waals surface area contributed by atoms with Crippen LogP contribution in [0.2, 0.25) is 0 Å². The number of carbonyl (C=O) groups excluding carboxylic acids is 3. The quantitative estimate of drug-likeness (QED) is 0.620. The molecule has 0 fully saturated rings. The van der Waals surface area contributed by atoms with Gasteiger partial charge in [-0.2, -0.15) is 0 Å². The average molecular weight is 301 g/mol. The van der Waals surface area contributed by atoms with Crippen molar-refractivity contribution in [2.24, 2.45) is 5.73 Å². The van der Waals surface area contributed by atoms with Gasteiger partial charge < -0.3 is 20.7 Å². The molecule has 0 aromatic rings. The third-order valence-corrected chi connectivity index (χ3v) is 2.70. The Balaban J connectivity index is 4.34. The molecule has 0 rings (SSSR count). The molecule has 0 saturated carbocycles. The summed E-state index contributed by atoms with van der Waals surface area (Å²) in [7, 11) is 1.69. The summed E-state index contributed by atoms with van der Waals surface area (Å²) in [4.78, 5) is 34.7. The van der Waals surface area contributed by atoms with Crippen molar-refractivity contribution in [3.8, 4) is 0 Å². The fourth-order valence-electron chi connectivity index (χ4n) is 1.72. The fraction of sp³-hybridized carbons (Fsp3) is 0.786. The molecule has 7 nitrogen and oxygen atoms in total. The summed E-state index contributed by atoms with van der Waals surface area (Å²) in [6.07, 6.45) is 2.25. The van der Waals surface area contributed by atoms with Crippen molar-refractivity contribution in [1.29, 1.82) is 0 Å². The molecule has 0 aliphatic heterocycles. The minimum atomic E-state index is -0.573. The Labute approximate surface area is 126 Å². The van der Waals surface area contributed by atoms with E-state index in [1.807, 2.05) is 0 Å². The second-order valence-electron chi connectivity index (χ2n) is 6.08. The molecule has 3 N–H and O–H groups in total. The van der Waals surface area contributed by atoms with Crippen molar-refractivity contribution in [3.63, 3.8) is 0 Å². The molecule has 0 aliphatic rings. The molecule has 7 heteroatoms. The highest BCUT2D eigenvalue weighted by Gasteiger charge is 2.19. The van der Waals surface area contributed by atoms with Gasteiger partial charge in [0.2, 0.25) is 12.3 Å². The van der Waals surface area contributed by atoms with Crippen LogP contribution in [0.3, 0.4) is 0 Å². The van der Waals surface area contributed by atoms with Crippen LogP contribution in [-0.2, 0) is 14.3 Å². The molecule has 21 heavy (non-hydrogen) atoms. The van der Waals surface area contributed by atoms with Crippen LogP contribution >= 0.6 is 0 Å². The molecule has 0 saturated heterocycles. The molecule has 0 spiro atoms. The Kier molecular flexibility index (Phi) is 8.42. The first kappa shape index (κ1) is 19.2. The smallest absolute Gasteiger partial charge is 0.407 e. The zero-order valence-electron chi connectivity index (χ0n) is 13.3. The first-order chi connectivity index (χ1) is 9.64. The third kappa shape index (κ3) is 11.7. The van der Waals surface area contributed by atoms with E-state index in [1.165, 1.54) is 4.90 Å². The van der Waals surface area contributed by atoms with E-state index in [0.717, 1.165) is 6.41 Å². The molecule has 1 unspecified atom stereocenters. The molecule has 3 amide bonds. The minimum Gasteiger partial charge on any atom is -0.444 e. The standard InChI is InChI=1S/C14H27N3O4/c1-14(2,3)21-13(20)16-11(7-8-12(15)19)6-5-9-17(4)10-18/h10-11H,5-9H2,1-4H3,(H2,15,19)(H,16,20). The Hall–Kier alpha value is -1.79. The zero-order chi connectivity index (χ0) is 16.5. The van der Waals surface area contributed by atoms with E-state index >= 15 is 0 Å². The van der Waals surface area contributed by atoms with Crippen LogP contribution in [0.25, 0.3) is 0 Å². The highest BCUT2D eigenvalue weighted by Crippen LogP contribution is 2.10. The van der Waals surface area contributed by atoms with E-state index < -0.39 is 17.6 Å². The van der Waals surface area contributed by atoms with Crippen molar-refractivity contribution in [3.05, 3.63) is 0 Å². The number of nitrogens with zero attached hydrogens (tertiary/aromatic N) is 1. The molecule has 0 aromatic heterocycles. The van der Waals surface area contributed by atoms with Crippen molar-refractivity contribution < 1.29 is 19.1 Å². The highest BCUT2D eigenvalue weighted by molar-refractivity contribution is 5.74. The van der Waals surface area contributed by atoms with E-state index in [-0.39, 0.29) is 12.5 Å². The Morgan fingerprint density at radius 1 is 1.33 bits per heavy atom. The maximum absolute atomic E-state index is 11.8. The predicted octanol–water partition coefficient (Wildman–Crippen LogP) is 1.01. The fourth-order valence-corrected chi connectivity index (χ4v) is 1.72. The largest absolute Gasteiger partial charge is 0.444 e. The van der Waals surface area contributed by atoms with Crippen LogP contribution in [0.15, 0.2) is 0 Å². The lowest BCUT2D eigenvalue weighted by Gasteiger charge is -2.24. The van der Waals surface area contributed by atoms with Gasteiger partial charge in [-0.1, -0.05) is 0 Å². The zero-order valence-corrected chi connectivity index (χ0v) is 13.3. The monoisotopic (exact) mass is 301 g/mol. The second kappa shape index (κ2) is 9.20. The lowest BCUT2D eigenvalue weighted by molar-refractivity contribution is -0.118. The van der Waals surface area contributed by atoms with E-state index in [2.05, 4.69) is 5.32 Å². The number of ether oxygens (including phenoxy) is 1. The van der Waals surface area contributed by atoms with Gasteiger partial charge in [0, 0.05) is 26.1 Å². The van der Waals surface area contributed by atoms with Crippen molar-refractivity contribution >= 4 is 18.4 Å². The predicted molar refractivity (Wildman–Crippen MR) is 79.5 cm³/mol. The Morgan fingerprint density at radius 3 is 2.43 bits per heavy atom. The van der Waals surface area contributed by atoms with Gasteiger partial charge in [-0.05, 0) is 40.0 Å². The summed E-state index contributed by atoms with van der Waals surface area (Å²) in [6, 6.07) is -0.201. The second-order valence-corrected chi connectivity index (χ2v) is 6.08. The van der Waals surface area contributed by atoms with Crippen LogP contribution < -0.4 is 11.1 Å². The molecule has 0 bridgehead atoms. The molecule has 0 aromatic carbocycles. The van der Waals surface area contributed by atoms with Crippen molar-refractivity contribution in [1.82, 2.24) is 10.2 Å². The number of rotatable bonds is 9. The van der Waals surface area contributed by atoms with E-state index in [1.54, 1.807) is 27.8 Å². The van der Waals surface area contributed by atoms with Gasteiger partial charge in [0.15, 0.2) is 0 Å². The van der Waals surface area contributed by atoms with Gasteiger partial charge in [-0.15, -0.1) is 0 Å². The minimum absolute atomic E-state index is 0.198. The van der Waals surface area contributed by atoms with E-state index in [4.69, 9.17) is 10.5 Å². The number of primary amides is 1. The van der Waals surface area contributed by atoms with Gasteiger partial charge >= 0.3 is 6.09 Å². The summed E-state index contributed by atoms with van der Waals surface area (Å²) in [5, 5.41) is 2.74. The first-order valence-electron chi connectivity index (χ1n) is 7.07. The van der Waals surface area contributed by atoms with Crippen molar-refractivity contribution in [2.45, 2.75) is 58.1 Å². The van der Waals surface area contributed by atoms with Gasteiger partial charge in [0.25, 0.3) is 0 Å². The molecular formula is C14H27N3O4. The molecule has 122 valence electrons. The van der Waals surface area contributed by atoms with Crippen LogP contribution in [-0.4, -0.2) is 48.5 Å². The van der Waals surface area contributed by atoms with Crippen molar-refractivity contribution in [2.75, 3.05) is 13.6 Å². The highest BCUT2D eigenvalue weighted by atomic mass is 16.6. The number of nitrogens with one attached hydrogen (secondary N) is 1. The number of carbonyl (C=O) groups is 3. The number of nitrogens with two attached hydrogens (primary N) is 1. The summed E-state index contributed by atoms with van der Waals surface area (Å²) in [5.41, 5.74) is 4.56. The number of alkyl carbamates (subject to hydrolysis) is 1. The number of hydrogen-bond acceptors (Lipinski definition) is 4. The molecule has 0 radical (unpaired) electrons. The lowest BCUT2D eigenvalue weighted by Crippen LogP contribution is -2.40. The Morgan fingerprint density at radius 2 is 1.95 bits per heavy atom. The van der Waals surface area contributed by atoms with Crippen LogP contribution in [0.1, 0.15) is 46.5 Å². The van der Waals surface area contributed by atoms with Gasteiger partial charge in [0.1, 0.15) is 5.60 Å². The summed E-state index contributed by atoms with van der Waals surface area (Å²) in [5.74, 6) is -0.406. The topological polar surface area (TPSA) is 102 Å². The Bertz CT molecular complexity index is 353. The van der Waals surface area contributed by atoms with Gasteiger partial charge in [-0.3, -0.25) is 9.59 Å². The average Bonchev–Trinajstić information content (AvgIpc) is 2.32.